The molecule has 3 rings (SSSR count). The van der Waals surface area contributed by atoms with E-state index in [0.29, 0.717) is 53.9 Å². The van der Waals surface area contributed by atoms with Crippen LogP contribution in [0.1, 0.15) is 48.7 Å². The number of nitro benzene ring substituents is 1. The fraction of sp³-hybridized carbons (Fsp3) is 0.286. The molecule has 0 aromatic heterocycles. The van der Waals surface area contributed by atoms with E-state index in [0.717, 1.165) is 15.6 Å². The van der Waals surface area contributed by atoms with Gasteiger partial charge in [0, 0.05) is 17.7 Å². The van der Waals surface area contributed by atoms with E-state index in [2.05, 4.69) is 33.1 Å². The van der Waals surface area contributed by atoms with Crippen molar-refractivity contribution in [1.82, 2.24) is 5.43 Å². The third-order valence-corrected chi connectivity index (χ3v) is 6.01. The zero-order valence-electron chi connectivity index (χ0n) is 21.9. The van der Waals surface area contributed by atoms with Gasteiger partial charge in [-0.3, -0.25) is 14.9 Å². The number of nitro groups is 1. The van der Waals surface area contributed by atoms with Gasteiger partial charge in [0.25, 0.3) is 11.6 Å². The highest BCUT2D eigenvalue weighted by atomic mass is 127. The number of ether oxygens (including phenoxy) is 4. The van der Waals surface area contributed by atoms with Crippen molar-refractivity contribution in [3.8, 4) is 23.0 Å². The average molecular weight is 647 g/mol. The van der Waals surface area contributed by atoms with E-state index in [9.17, 15) is 14.9 Å². The van der Waals surface area contributed by atoms with Crippen molar-refractivity contribution in [1.29, 1.82) is 0 Å². The van der Waals surface area contributed by atoms with Gasteiger partial charge in [-0.2, -0.15) is 5.10 Å². The number of nitrogens with zero attached hydrogens (tertiary/aromatic N) is 2. The van der Waals surface area contributed by atoms with E-state index in [1.807, 2.05) is 26.8 Å². The zero-order chi connectivity index (χ0) is 28.2. The van der Waals surface area contributed by atoms with Gasteiger partial charge < -0.3 is 18.9 Å². The van der Waals surface area contributed by atoms with Crippen molar-refractivity contribution in [2.75, 3.05) is 19.8 Å². The van der Waals surface area contributed by atoms with Gasteiger partial charge >= 0.3 is 0 Å². The maximum absolute atomic E-state index is 12.7. The van der Waals surface area contributed by atoms with Crippen LogP contribution in [0.25, 0.3) is 0 Å². The van der Waals surface area contributed by atoms with E-state index in [1.165, 1.54) is 18.3 Å². The number of hydrazone groups is 1. The lowest BCUT2D eigenvalue weighted by Crippen LogP contribution is -2.18. The van der Waals surface area contributed by atoms with Gasteiger partial charge in [-0.1, -0.05) is 6.92 Å². The molecule has 0 radical (unpaired) electrons. The van der Waals surface area contributed by atoms with Crippen molar-refractivity contribution in [3.63, 3.8) is 0 Å². The summed E-state index contributed by atoms with van der Waals surface area (Å²) in [7, 11) is 0. The fourth-order valence-electron chi connectivity index (χ4n) is 3.41. The third kappa shape index (κ3) is 8.57. The van der Waals surface area contributed by atoms with Gasteiger partial charge in [-0.15, -0.1) is 0 Å². The minimum atomic E-state index is -0.444. The molecule has 0 bridgehead atoms. The van der Waals surface area contributed by atoms with Crippen LogP contribution in [0.3, 0.4) is 0 Å². The van der Waals surface area contributed by atoms with Crippen molar-refractivity contribution in [2.45, 2.75) is 33.8 Å². The molecule has 1 amide bonds. The lowest BCUT2D eigenvalue weighted by atomic mass is 10.2. The van der Waals surface area contributed by atoms with Crippen molar-refractivity contribution >= 4 is 40.4 Å². The highest BCUT2D eigenvalue weighted by Crippen LogP contribution is 2.35. The van der Waals surface area contributed by atoms with Crippen LogP contribution in [0, 0.1) is 13.7 Å². The van der Waals surface area contributed by atoms with Crippen molar-refractivity contribution in [3.05, 3.63) is 85.0 Å². The van der Waals surface area contributed by atoms with Crippen LogP contribution in [-0.2, 0) is 6.61 Å². The van der Waals surface area contributed by atoms with Gasteiger partial charge in [0.2, 0.25) is 0 Å². The monoisotopic (exact) mass is 647 g/mol. The maximum atomic E-state index is 12.7. The molecular weight excluding hydrogens is 617 g/mol. The van der Waals surface area contributed by atoms with Crippen LogP contribution in [0.15, 0.2) is 59.7 Å². The van der Waals surface area contributed by atoms with Crippen molar-refractivity contribution < 1.29 is 28.7 Å². The number of halogens is 1. The summed E-state index contributed by atoms with van der Waals surface area (Å²) >= 11 is 2.14. The zero-order valence-corrected chi connectivity index (χ0v) is 24.1. The molecule has 0 saturated carbocycles. The first-order chi connectivity index (χ1) is 18.9. The number of carbonyl (C=O) groups excluding carboxylic acids is 1. The molecule has 39 heavy (non-hydrogen) atoms. The minimum absolute atomic E-state index is 0.0202. The lowest BCUT2D eigenvalue weighted by molar-refractivity contribution is -0.384. The number of benzene rings is 3. The second-order valence-electron chi connectivity index (χ2n) is 8.12. The maximum Gasteiger partial charge on any atom is 0.271 e. The van der Waals surface area contributed by atoms with E-state index >= 15 is 0 Å². The molecule has 0 heterocycles. The Morgan fingerprint density at radius 1 is 0.949 bits per heavy atom. The summed E-state index contributed by atoms with van der Waals surface area (Å²) in [6, 6.07) is 14.8. The number of nitrogens with one attached hydrogen (secondary N) is 1. The largest absolute Gasteiger partial charge is 0.490 e. The molecule has 11 heteroatoms. The van der Waals surface area contributed by atoms with Crippen LogP contribution in [-0.4, -0.2) is 36.9 Å². The Hall–Kier alpha value is -3.87. The Morgan fingerprint density at radius 3 is 2.33 bits per heavy atom. The molecule has 0 aliphatic heterocycles. The van der Waals surface area contributed by atoms with Gasteiger partial charge in [0.1, 0.15) is 6.61 Å². The summed E-state index contributed by atoms with van der Waals surface area (Å²) < 4.78 is 23.9. The average Bonchev–Trinajstić information content (AvgIpc) is 2.92. The molecule has 10 nitrogen and oxygen atoms in total. The SMILES string of the molecule is CCCOc1ccc(C(=O)N/N=C/c2cc(I)c(OCc3ccc([N+](=O)[O-])cc3)c(OCC)c2)cc1OCC. The smallest absolute Gasteiger partial charge is 0.271 e. The Kier molecular flexibility index (Phi) is 11.3. The predicted molar refractivity (Wildman–Crippen MR) is 156 cm³/mol. The molecule has 0 atom stereocenters. The molecule has 3 aromatic rings. The standard InChI is InChI=1S/C28H30IN3O7/c1-4-13-38-24-12-9-21(16-25(24)36-5-2)28(33)31-30-17-20-14-23(29)27(26(15-20)37-6-3)39-18-19-7-10-22(11-8-19)32(34)35/h7-12,14-17H,4-6,13,18H2,1-3H3,(H,31,33)/b30-17+. The summed E-state index contributed by atoms with van der Waals surface area (Å²) in [6.07, 6.45) is 2.38. The number of hydrogen-bond donors (Lipinski definition) is 1. The lowest BCUT2D eigenvalue weighted by Gasteiger charge is -2.15. The fourth-order valence-corrected chi connectivity index (χ4v) is 4.19. The van der Waals surface area contributed by atoms with Crippen LogP contribution < -0.4 is 24.4 Å². The molecule has 206 valence electrons. The number of rotatable bonds is 14. The highest BCUT2D eigenvalue weighted by molar-refractivity contribution is 14.1. The van der Waals surface area contributed by atoms with E-state index in [1.54, 1.807) is 36.4 Å². The number of carbonyl (C=O) groups is 1. The van der Waals surface area contributed by atoms with Crippen molar-refractivity contribution in [2.24, 2.45) is 5.10 Å². The minimum Gasteiger partial charge on any atom is -0.490 e. The second kappa shape index (κ2) is 14.9. The van der Waals surface area contributed by atoms with Gasteiger partial charge in [0.15, 0.2) is 23.0 Å². The Labute approximate surface area is 240 Å². The Morgan fingerprint density at radius 2 is 1.67 bits per heavy atom. The quantitative estimate of drug-likeness (QED) is 0.0968. The first-order valence-corrected chi connectivity index (χ1v) is 13.5. The molecule has 0 aliphatic rings. The normalized spacial score (nSPS) is 10.8. The van der Waals surface area contributed by atoms with E-state index < -0.39 is 10.8 Å². The van der Waals surface area contributed by atoms with Crippen LogP contribution in [0.4, 0.5) is 5.69 Å². The molecular formula is C28H30IN3O7. The molecule has 0 spiro atoms. The first-order valence-electron chi connectivity index (χ1n) is 12.4. The topological polar surface area (TPSA) is 122 Å². The molecule has 0 unspecified atom stereocenters. The van der Waals surface area contributed by atoms with Gasteiger partial charge in [-0.25, -0.2) is 5.43 Å². The summed E-state index contributed by atoms with van der Waals surface area (Å²) in [5.41, 5.74) is 4.42. The van der Waals surface area contributed by atoms with Gasteiger partial charge in [-0.05, 0) is 96.5 Å². The molecule has 0 fully saturated rings. The number of amides is 1. The summed E-state index contributed by atoms with van der Waals surface area (Å²) in [5.74, 6) is 1.77. The Balaban J connectivity index is 1.70. The Bertz CT molecular complexity index is 1310. The summed E-state index contributed by atoms with van der Waals surface area (Å²) in [5, 5.41) is 15.0. The molecule has 0 saturated heterocycles. The molecule has 0 aliphatic carbocycles. The molecule has 3 aromatic carbocycles. The van der Waals surface area contributed by atoms with E-state index in [4.69, 9.17) is 18.9 Å². The van der Waals surface area contributed by atoms with Gasteiger partial charge in [0.05, 0.1) is 34.5 Å². The highest BCUT2D eigenvalue weighted by Gasteiger charge is 2.14. The number of hydrogen-bond acceptors (Lipinski definition) is 8. The predicted octanol–water partition coefficient (Wildman–Crippen LogP) is 6.13. The van der Waals surface area contributed by atoms with E-state index in [-0.39, 0.29) is 12.3 Å². The second-order valence-corrected chi connectivity index (χ2v) is 9.28. The molecule has 1 N–H and O–H groups in total. The van der Waals surface area contributed by atoms with Crippen LogP contribution in [0.2, 0.25) is 0 Å². The summed E-state index contributed by atoms with van der Waals surface area (Å²) in [6.45, 7) is 7.37. The van der Waals surface area contributed by atoms with Crippen LogP contribution in [0.5, 0.6) is 23.0 Å². The number of non-ortho nitro benzene ring substituents is 1. The van der Waals surface area contributed by atoms with Crippen LogP contribution >= 0.6 is 22.6 Å². The third-order valence-electron chi connectivity index (χ3n) is 5.21. The summed E-state index contributed by atoms with van der Waals surface area (Å²) in [4.78, 5) is 23.1. The first kappa shape index (κ1) is 29.7.